The molecule has 4 rings (SSSR count). The van der Waals surface area contributed by atoms with Crippen molar-refractivity contribution in [1.29, 1.82) is 0 Å². The lowest BCUT2D eigenvalue weighted by Crippen LogP contribution is -2.50. The van der Waals surface area contributed by atoms with Gasteiger partial charge in [-0.05, 0) is 24.3 Å². The molecule has 156 valence electrons. The molecule has 5 nitrogen and oxygen atoms in total. The molecule has 0 bridgehead atoms. The van der Waals surface area contributed by atoms with E-state index in [0.29, 0.717) is 53.5 Å². The molecule has 1 fully saturated rings. The maximum absolute atomic E-state index is 13.2. The maximum atomic E-state index is 13.2. The van der Waals surface area contributed by atoms with Crippen molar-refractivity contribution in [2.24, 2.45) is 0 Å². The average molecular weight is 433 g/mol. The smallest absolute Gasteiger partial charge is 0.254 e. The summed E-state index contributed by atoms with van der Waals surface area (Å²) in [5, 5.41) is 0.513. The second-order valence-electron chi connectivity index (χ2n) is 7.34. The lowest BCUT2D eigenvalue weighted by Gasteiger charge is -2.35. The molecular formula is C25H21ClN2O3. The summed E-state index contributed by atoms with van der Waals surface area (Å²) >= 11 is 5.99. The third kappa shape index (κ3) is 4.52. The molecule has 6 heteroatoms. The van der Waals surface area contributed by atoms with Crippen LogP contribution in [0.25, 0.3) is 0 Å². The molecule has 0 spiro atoms. The van der Waals surface area contributed by atoms with Gasteiger partial charge in [0, 0.05) is 47.9 Å². The molecule has 0 saturated carbocycles. The normalized spacial score (nSPS) is 13.7. The first-order valence-electron chi connectivity index (χ1n) is 10.1. The van der Waals surface area contributed by atoms with Crippen LogP contribution in [0.4, 0.5) is 0 Å². The Balaban J connectivity index is 1.47. The molecule has 31 heavy (non-hydrogen) atoms. The molecule has 0 aliphatic carbocycles. The first-order chi connectivity index (χ1) is 15.0. The lowest BCUT2D eigenvalue weighted by molar-refractivity contribution is 0.0534. The number of rotatable bonds is 4. The Bertz CT molecular complexity index is 1120. The van der Waals surface area contributed by atoms with Crippen LogP contribution in [0.15, 0.2) is 78.9 Å². The van der Waals surface area contributed by atoms with Gasteiger partial charge in [-0.1, -0.05) is 66.2 Å². The molecule has 3 aromatic carbocycles. The van der Waals surface area contributed by atoms with Crippen LogP contribution in [-0.4, -0.2) is 53.6 Å². The van der Waals surface area contributed by atoms with Crippen molar-refractivity contribution in [3.63, 3.8) is 0 Å². The predicted molar refractivity (Wildman–Crippen MR) is 120 cm³/mol. The van der Waals surface area contributed by atoms with Crippen molar-refractivity contribution in [3.8, 4) is 0 Å². The Morgan fingerprint density at radius 2 is 1.16 bits per heavy atom. The third-order valence-corrected chi connectivity index (χ3v) is 5.60. The monoisotopic (exact) mass is 432 g/mol. The van der Waals surface area contributed by atoms with E-state index in [-0.39, 0.29) is 17.6 Å². The van der Waals surface area contributed by atoms with E-state index in [2.05, 4.69) is 0 Å². The van der Waals surface area contributed by atoms with E-state index in [0.717, 1.165) is 0 Å². The summed E-state index contributed by atoms with van der Waals surface area (Å²) < 4.78 is 0. The summed E-state index contributed by atoms with van der Waals surface area (Å²) in [7, 11) is 0. The SMILES string of the molecule is O=C(c1ccccc1)c1ccccc1C(=O)N1CCN(C(=O)c2cccc(Cl)c2)CC1. The zero-order chi connectivity index (χ0) is 21.8. The van der Waals surface area contributed by atoms with Crippen molar-refractivity contribution in [3.05, 3.63) is 106 Å². The van der Waals surface area contributed by atoms with Crippen LogP contribution < -0.4 is 0 Å². The Morgan fingerprint density at radius 1 is 0.613 bits per heavy atom. The van der Waals surface area contributed by atoms with E-state index in [4.69, 9.17) is 11.6 Å². The zero-order valence-electron chi connectivity index (χ0n) is 16.8. The van der Waals surface area contributed by atoms with Gasteiger partial charge in [-0.25, -0.2) is 0 Å². The highest BCUT2D eigenvalue weighted by Gasteiger charge is 2.27. The molecule has 1 saturated heterocycles. The minimum Gasteiger partial charge on any atom is -0.335 e. The van der Waals surface area contributed by atoms with Gasteiger partial charge in [0.15, 0.2) is 5.78 Å². The van der Waals surface area contributed by atoms with E-state index in [1.165, 1.54) is 0 Å². The van der Waals surface area contributed by atoms with Crippen molar-refractivity contribution in [2.45, 2.75) is 0 Å². The molecular weight excluding hydrogens is 412 g/mol. The summed E-state index contributed by atoms with van der Waals surface area (Å²) in [4.78, 5) is 42.3. The minimum atomic E-state index is -0.199. The average Bonchev–Trinajstić information content (AvgIpc) is 2.83. The van der Waals surface area contributed by atoms with Crippen molar-refractivity contribution >= 4 is 29.2 Å². The van der Waals surface area contributed by atoms with Gasteiger partial charge in [-0.3, -0.25) is 14.4 Å². The van der Waals surface area contributed by atoms with Crippen LogP contribution in [0, 0.1) is 0 Å². The van der Waals surface area contributed by atoms with Crippen molar-refractivity contribution < 1.29 is 14.4 Å². The number of carbonyl (C=O) groups excluding carboxylic acids is 3. The van der Waals surface area contributed by atoms with Gasteiger partial charge in [0.1, 0.15) is 0 Å². The fourth-order valence-electron chi connectivity index (χ4n) is 3.70. The largest absolute Gasteiger partial charge is 0.335 e. The number of nitrogens with zero attached hydrogens (tertiary/aromatic N) is 2. The third-order valence-electron chi connectivity index (χ3n) is 5.36. The molecule has 1 heterocycles. The highest BCUT2D eigenvalue weighted by molar-refractivity contribution is 6.31. The molecule has 3 aromatic rings. The number of hydrogen-bond donors (Lipinski definition) is 0. The van der Waals surface area contributed by atoms with Gasteiger partial charge in [-0.15, -0.1) is 0 Å². The van der Waals surface area contributed by atoms with Crippen LogP contribution in [0.1, 0.15) is 36.6 Å². The number of benzene rings is 3. The lowest BCUT2D eigenvalue weighted by atomic mass is 9.97. The van der Waals surface area contributed by atoms with Crippen LogP contribution in [0.5, 0.6) is 0 Å². The first kappa shape index (κ1) is 20.8. The van der Waals surface area contributed by atoms with Gasteiger partial charge < -0.3 is 9.80 Å². The molecule has 0 N–H and O–H groups in total. The Hall–Kier alpha value is -3.44. The maximum Gasteiger partial charge on any atom is 0.254 e. The molecule has 0 unspecified atom stereocenters. The summed E-state index contributed by atoms with van der Waals surface area (Å²) in [6.45, 7) is 1.65. The molecule has 1 aliphatic rings. The fourth-order valence-corrected chi connectivity index (χ4v) is 3.89. The van der Waals surface area contributed by atoms with E-state index in [1.54, 1.807) is 82.6 Å². The van der Waals surface area contributed by atoms with Gasteiger partial charge in [0.2, 0.25) is 0 Å². The minimum absolute atomic E-state index is 0.103. The van der Waals surface area contributed by atoms with Gasteiger partial charge in [0.25, 0.3) is 11.8 Å². The summed E-state index contributed by atoms with van der Waals surface area (Å²) in [6, 6.07) is 22.7. The van der Waals surface area contributed by atoms with Crippen molar-refractivity contribution in [2.75, 3.05) is 26.2 Å². The highest BCUT2D eigenvalue weighted by Crippen LogP contribution is 2.19. The highest BCUT2D eigenvalue weighted by atomic mass is 35.5. The van der Waals surface area contributed by atoms with E-state index >= 15 is 0 Å². The van der Waals surface area contributed by atoms with Crippen LogP contribution in [0.2, 0.25) is 5.02 Å². The zero-order valence-corrected chi connectivity index (χ0v) is 17.6. The molecule has 0 aromatic heterocycles. The van der Waals surface area contributed by atoms with E-state index in [1.807, 2.05) is 6.07 Å². The van der Waals surface area contributed by atoms with E-state index in [9.17, 15) is 14.4 Å². The molecule has 0 atom stereocenters. The standard InChI is InChI=1S/C25H21ClN2O3/c26-20-10-6-9-19(17-20)24(30)27-13-15-28(16-14-27)25(31)22-12-5-4-11-21(22)23(29)18-7-2-1-3-8-18/h1-12,17H,13-16H2. The number of ketones is 1. The second kappa shape index (κ2) is 9.14. The van der Waals surface area contributed by atoms with Gasteiger partial charge in [-0.2, -0.15) is 0 Å². The predicted octanol–water partition coefficient (Wildman–Crippen LogP) is 4.17. The summed E-state index contributed by atoms with van der Waals surface area (Å²) in [6.07, 6.45) is 0. The Morgan fingerprint density at radius 3 is 1.81 bits per heavy atom. The van der Waals surface area contributed by atoms with Gasteiger partial charge in [0.05, 0.1) is 5.56 Å². The summed E-state index contributed by atoms with van der Waals surface area (Å²) in [5.74, 6) is -0.483. The number of carbonyl (C=O) groups is 3. The van der Waals surface area contributed by atoms with Crippen molar-refractivity contribution in [1.82, 2.24) is 9.80 Å². The molecule has 2 amide bonds. The Kier molecular flexibility index (Phi) is 6.14. The second-order valence-corrected chi connectivity index (χ2v) is 7.77. The topological polar surface area (TPSA) is 57.7 Å². The number of halogens is 1. The number of hydrogen-bond acceptors (Lipinski definition) is 3. The van der Waals surface area contributed by atoms with Crippen LogP contribution >= 0.6 is 11.6 Å². The van der Waals surface area contributed by atoms with E-state index < -0.39 is 0 Å². The molecule has 1 aliphatic heterocycles. The molecule has 0 radical (unpaired) electrons. The van der Waals surface area contributed by atoms with Gasteiger partial charge >= 0.3 is 0 Å². The number of piperazine rings is 1. The quantitative estimate of drug-likeness (QED) is 0.581. The Labute approximate surface area is 185 Å². The summed E-state index contributed by atoms with van der Waals surface area (Å²) in [5.41, 5.74) is 1.84. The van der Waals surface area contributed by atoms with Crippen LogP contribution in [0.3, 0.4) is 0 Å². The fraction of sp³-hybridized carbons (Fsp3) is 0.160. The number of amides is 2. The first-order valence-corrected chi connectivity index (χ1v) is 10.5. The van der Waals surface area contributed by atoms with Crippen LogP contribution in [-0.2, 0) is 0 Å².